The molecule has 1 aliphatic heterocycles. The van der Waals surface area contributed by atoms with Crippen molar-refractivity contribution in [2.75, 3.05) is 11.1 Å². The molecule has 8 heteroatoms. The van der Waals surface area contributed by atoms with E-state index in [-0.39, 0.29) is 29.4 Å². The zero-order valence-electron chi connectivity index (χ0n) is 11.7. The van der Waals surface area contributed by atoms with Gasteiger partial charge in [0.25, 0.3) is 11.1 Å². The van der Waals surface area contributed by atoms with Crippen LogP contribution in [0.15, 0.2) is 36.4 Å². The molecule has 118 valence electrons. The maximum absolute atomic E-state index is 12.0. The van der Waals surface area contributed by atoms with Crippen molar-refractivity contribution >= 4 is 57.4 Å². The van der Waals surface area contributed by atoms with Gasteiger partial charge in [0.2, 0.25) is 5.91 Å². The lowest BCUT2D eigenvalue weighted by Gasteiger charge is -2.13. The summed E-state index contributed by atoms with van der Waals surface area (Å²) in [5.74, 6) is -0.195. The number of hydrogen-bond donors (Lipinski definition) is 1. The van der Waals surface area contributed by atoms with Crippen molar-refractivity contribution < 1.29 is 14.4 Å². The molecule has 0 aliphatic carbocycles. The predicted molar refractivity (Wildman–Crippen MR) is 92.1 cm³/mol. The molecule has 1 N–H and O–H groups in total. The van der Waals surface area contributed by atoms with Crippen LogP contribution in [-0.4, -0.2) is 27.7 Å². The fourth-order valence-electron chi connectivity index (χ4n) is 2.04. The number of amides is 3. The van der Waals surface area contributed by atoms with Gasteiger partial charge in [0.1, 0.15) is 0 Å². The molecule has 2 heterocycles. The van der Waals surface area contributed by atoms with E-state index >= 15 is 0 Å². The maximum atomic E-state index is 12.0. The minimum Gasteiger partial charge on any atom is -0.321 e. The van der Waals surface area contributed by atoms with Gasteiger partial charge in [0.15, 0.2) is 0 Å². The zero-order chi connectivity index (χ0) is 16.4. The lowest BCUT2D eigenvalue weighted by molar-refractivity contribution is -0.125. The topological polar surface area (TPSA) is 66.5 Å². The Kier molecular flexibility index (Phi) is 4.70. The van der Waals surface area contributed by atoms with E-state index in [0.29, 0.717) is 14.9 Å². The molecule has 0 unspecified atom stereocenters. The number of benzene rings is 1. The third-order valence-electron chi connectivity index (χ3n) is 3.19. The summed E-state index contributed by atoms with van der Waals surface area (Å²) in [6.45, 7) is 0.249. The van der Waals surface area contributed by atoms with Gasteiger partial charge in [-0.3, -0.25) is 19.3 Å². The summed E-state index contributed by atoms with van der Waals surface area (Å²) in [5, 5.41) is 2.55. The number of anilines is 1. The molecular weight excluding hydrogens is 356 g/mol. The van der Waals surface area contributed by atoms with E-state index in [1.807, 2.05) is 0 Å². The number of imide groups is 1. The molecule has 1 aromatic heterocycles. The smallest absolute Gasteiger partial charge is 0.289 e. The van der Waals surface area contributed by atoms with E-state index in [1.54, 1.807) is 36.4 Å². The summed E-state index contributed by atoms with van der Waals surface area (Å²) in [4.78, 5) is 36.9. The van der Waals surface area contributed by atoms with E-state index in [9.17, 15) is 14.4 Å². The van der Waals surface area contributed by atoms with E-state index in [1.165, 1.54) is 16.2 Å². The second-order valence-electron chi connectivity index (χ2n) is 4.79. The number of rotatable bonds is 4. The average molecular weight is 367 g/mol. The van der Waals surface area contributed by atoms with Crippen molar-refractivity contribution in [1.29, 1.82) is 0 Å². The van der Waals surface area contributed by atoms with Gasteiger partial charge in [-0.15, -0.1) is 11.3 Å². The first-order chi connectivity index (χ1) is 11.0. The van der Waals surface area contributed by atoms with Gasteiger partial charge in [0, 0.05) is 5.69 Å². The quantitative estimate of drug-likeness (QED) is 0.892. The molecule has 1 aromatic carbocycles. The van der Waals surface area contributed by atoms with Gasteiger partial charge in [-0.2, -0.15) is 0 Å². The molecule has 1 fully saturated rings. The van der Waals surface area contributed by atoms with Crippen molar-refractivity contribution in [3.63, 3.8) is 0 Å². The zero-order valence-corrected chi connectivity index (χ0v) is 14.1. The number of carbonyl (C=O) groups is 3. The highest BCUT2D eigenvalue weighted by Crippen LogP contribution is 2.24. The summed E-state index contributed by atoms with van der Waals surface area (Å²) >= 11 is 8.03. The lowest BCUT2D eigenvalue weighted by Crippen LogP contribution is -2.27. The number of carbonyl (C=O) groups excluding carboxylic acids is 3. The van der Waals surface area contributed by atoms with Crippen molar-refractivity contribution in [2.45, 2.75) is 6.54 Å². The molecule has 1 aliphatic rings. The fraction of sp³-hybridized carbons (Fsp3) is 0.133. The Bertz CT molecular complexity index is 757. The standard InChI is InChI=1S/C15H11ClN2O3S2/c16-12-6-5-11(23-12)14(20)17-10-3-1-9(2-4-10)7-18-13(19)8-22-15(18)21/h1-6H,7-8H2,(H,17,20). The first-order valence-corrected chi connectivity index (χ1v) is 8.84. The normalized spacial score (nSPS) is 14.4. The maximum Gasteiger partial charge on any atom is 0.289 e. The van der Waals surface area contributed by atoms with Crippen molar-refractivity contribution in [2.24, 2.45) is 0 Å². The number of thiophene rings is 1. The summed E-state index contributed by atoms with van der Waals surface area (Å²) in [6.07, 6.45) is 0. The minimum absolute atomic E-state index is 0.174. The highest BCUT2D eigenvalue weighted by atomic mass is 35.5. The van der Waals surface area contributed by atoms with Crippen molar-refractivity contribution in [3.8, 4) is 0 Å². The second-order valence-corrected chi connectivity index (χ2v) is 7.43. The van der Waals surface area contributed by atoms with Gasteiger partial charge in [-0.05, 0) is 29.8 Å². The Balaban J connectivity index is 1.64. The Morgan fingerprint density at radius 2 is 1.91 bits per heavy atom. The Labute approximate surface area is 145 Å². The summed E-state index contributed by atoms with van der Waals surface area (Å²) in [6, 6.07) is 10.4. The van der Waals surface area contributed by atoms with Crippen LogP contribution in [0.25, 0.3) is 0 Å². The Hall–Kier alpha value is -1.83. The van der Waals surface area contributed by atoms with E-state index in [4.69, 9.17) is 11.6 Å². The summed E-state index contributed by atoms with van der Waals surface area (Å²) in [7, 11) is 0. The number of nitrogens with one attached hydrogen (secondary N) is 1. The fourth-order valence-corrected chi connectivity index (χ4v) is 3.70. The van der Waals surface area contributed by atoms with Gasteiger partial charge in [-0.25, -0.2) is 0 Å². The molecule has 2 aromatic rings. The largest absolute Gasteiger partial charge is 0.321 e. The van der Waals surface area contributed by atoms with Gasteiger partial charge in [0.05, 0.1) is 21.5 Å². The van der Waals surface area contributed by atoms with E-state index < -0.39 is 0 Å². The van der Waals surface area contributed by atoms with Crippen molar-refractivity contribution in [3.05, 3.63) is 51.2 Å². The molecule has 0 bridgehead atoms. The molecule has 3 amide bonds. The molecule has 0 spiro atoms. The molecule has 23 heavy (non-hydrogen) atoms. The molecule has 3 rings (SSSR count). The average Bonchev–Trinajstić information content (AvgIpc) is 3.10. The molecule has 0 saturated carbocycles. The number of thioether (sulfide) groups is 1. The third-order valence-corrected chi connectivity index (χ3v) is 5.28. The molecule has 0 atom stereocenters. The van der Waals surface area contributed by atoms with Crippen LogP contribution in [0.2, 0.25) is 4.34 Å². The molecule has 1 saturated heterocycles. The summed E-state index contributed by atoms with van der Waals surface area (Å²) < 4.78 is 0.559. The van der Waals surface area contributed by atoms with Crippen LogP contribution in [0, 0.1) is 0 Å². The van der Waals surface area contributed by atoms with Crippen LogP contribution in [0.3, 0.4) is 0 Å². The third kappa shape index (κ3) is 3.74. The molecular formula is C15H11ClN2O3S2. The monoisotopic (exact) mass is 366 g/mol. The number of nitrogens with zero attached hydrogens (tertiary/aromatic N) is 1. The minimum atomic E-state index is -0.226. The van der Waals surface area contributed by atoms with Crippen LogP contribution < -0.4 is 5.32 Å². The van der Waals surface area contributed by atoms with E-state index in [0.717, 1.165) is 17.3 Å². The van der Waals surface area contributed by atoms with Crippen molar-refractivity contribution in [1.82, 2.24) is 4.90 Å². The number of hydrogen-bond acceptors (Lipinski definition) is 5. The molecule has 0 radical (unpaired) electrons. The first kappa shape index (κ1) is 16.0. The van der Waals surface area contributed by atoms with Gasteiger partial charge < -0.3 is 5.32 Å². The van der Waals surface area contributed by atoms with Crippen LogP contribution in [-0.2, 0) is 11.3 Å². The molecule has 5 nitrogen and oxygen atoms in total. The predicted octanol–water partition coefficient (Wildman–Crippen LogP) is 3.85. The first-order valence-electron chi connectivity index (χ1n) is 6.66. The second kappa shape index (κ2) is 6.74. The highest BCUT2D eigenvalue weighted by molar-refractivity contribution is 8.14. The SMILES string of the molecule is O=C(Nc1ccc(CN2C(=O)CSC2=O)cc1)c1ccc(Cl)s1. The highest BCUT2D eigenvalue weighted by Gasteiger charge is 2.29. The Morgan fingerprint density at radius 3 is 2.48 bits per heavy atom. The van der Waals surface area contributed by atoms with Crippen LogP contribution in [0.1, 0.15) is 15.2 Å². The van der Waals surface area contributed by atoms with Crippen LogP contribution >= 0.6 is 34.7 Å². The number of halogens is 1. The van der Waals surface area contributed by atoms with Gasteiger partial charge >= 0.3 is 0 Å². The Morgan fingerprint density at radius 1 is 1.17 bits per heavy atom. The lowest BCUT2D eigenvalue weighted by atomic mass is 10.2. The summed E-state index contributed by atoms with van der Waals surface area (Å²) in [5.41, 5.74) is 1.46. The van der Waals surface area contributed by atoms with E-state index in [2.05, 4.69) is 5.32 Å². The van der Waals surface area contributed by atoms with Crippen LogP contribution in [0.4, 0.5) is 10.5 Å². The van der Waals surface area contributed by atoms with Crippen LogP contribution in [0.5, 0.6) is 0 Å². The van der Waals surface area contributed by atoms with Gasteiger partial charge in [-0.1, -0.05) is 35.5 Å².